The molecule has 62 heavy (non-hydrogen) atoms. The molecule has 0 aromatic carbocycles. The predicted molar refractivity (Wildman–Crippen MR) is 273 cm³/mol. The van der Waals surface area contributed by atoms with Crippen LogP contribution in [-0.4, -0.2) is 60.5 Å². The van der Waals surface area contributed by atoms with Crippen molar-refractivity contribution in [3.63, 3.8) is 0 Å². The second-order valence-corrected chi connectivity index (χ2v) is 20.2. The number of amides is 1. The Balaban J connectivity index is 4.32. The number of ether oxygens (including phenoxy) is 2. The molecule has 370 valence electrons. The van der Waals surface area contributed by atoms with Crippen LogP contribution >= 0.6 is 11.8 Å². The summed E-state index contributed by atoms with van der Waals surface area (Å²) in [7, 11) is 0. The van der Waals surface area contributed by atoms with Gasteiger partial charge in [-0.15, -0.1) is 0 Å². The molecule has 0 aliphatic rings. The molecule has 0 heterocycles. The number of rotatable bonds is 54. The number of carbonyl (C=O) groups is 2. The first kappa shape index (κ1) is 61.2. The number of unbranched alkanes of at least 4 members (excludes halogenated alkanes) is 38. The lowest BCUT2D eigenvalue weighted by Gasteiger charge is -2.19. The van der Waals surface area contributed by atoms with Crippen LogP contribution in [0.2, 0.25) is 0 Å². The van der Waals surface area contributed by atoms with Crippen LogP contribution in [0.1, 0.15) is 297 Å². The Labute approximate surface area is 391 Å². The van der Waals surface area contributed by atoms with Crippen LogP contribution in [-0.2, 0) is 19.1 Å². The van der Waals surface area contributed by atoms with E-state index >= 15 is 0 Å². The van der Waals surface area contributed by atoms with E-state index in [0.29, 0.717) is 25.2 Å². The molecule has 0 spiro atoms. The third-order valence-corrected chi connectivity index (χ3v) is 13.9. The van der Waals surface area contributed by atoms with E-state index in [-0.39, 0.29) is 12.0 Å². The number of hydrogen-bond donors (Lipinski definition) is 2. The van der Waals surface area contributed by atoms with Crippen molar-refractivity contribution in [1.29, 1.82) is 0 Å². The van der Waals surface area contributed by atoms with Crippen LogP contribution in [0, 0.1) is 0 Å². The largest absolute Gasteiger partial charge is 0.480 e. The lowest BCUT2D eigenvalue weighted by Crippen LogP contribution is -2.41. The van der Waals surface area contributed by atoms with E-state index in [1.165, 1.54) is 231 Å². The van der Waals surface area contributed by atoms with Gasteiger partial charge in [0.15, 0.2) is 0 Å². The summed E-state index contributed by atoms with van der Waals surface area (Å²) in [5.41, 5.74) is 0. The number of carbonyl (C=O) groups excluding carboxylic acids is 1. The molecule has 6 nitrogen and oxygen atoms in total. The van der Waals surface area contributed by atoms with Crippen molar-refractivity contribution in [3.05, 3.63) is 0 Å². The van der Waals surface area contributed by atoms with Gasteiger partial charge in [0.25, 0.3) is 0 Å². The Morgan fingerprint density at radius 2 is 0.774 bits per heavy atom. The number of carboxylic acids is 1. The van der Waals surface area contributed by atoms with Crippen molar-refractivity contribution < 1.29 is 24.2 Å². The predicted octanol–water partition coefficient (Wildman–Crippen LogP) is 17.5. The Kier molecular flexibility index (Phi) is 52.2. The summed E-state index contributed by atoms with van der Waals surface area (Å²) in [5, 5.41) is 12.7. The van der Waals surface area contributed by atoms with Gasteiger partial charge in [0.05, 0.1) is 12.7 Å². The van der Waals surface area contributed by atoms with Crippen molar-refractivity contribution in [1.82, 2.24) is 5.32 Å². The SMILES string of the molecule is CCCCCCCCCCCCCCCCOC[C@H](CSCC[C@H](NC(=O)CCCCCCCCCCCCCCC)C(=O)O)OCCCCCCCCCCCCCCCC. The fraction of sp³-hybridized carbons (Fsp3) is 0.964. The maximum absolute atomic E-state index is 12.6. The van der Waals surface area contributed by atoms with Crippen LogP contribution in [0.25, 0.3) is 0 Å². The lowest BCUT2D eigenvalue weighted by molar-refractivity contribution is -0.141. The zero-order valence-electron chi connectivity index (χ0n) is 42.1. The third kappa shape index (κ3) is 48.7. The Hall–Kier alpha value is -0.790. The van der Waals surface area contributed by atoms with Crippen LogP contribution in [0.15, 0.2) is 0 Å². The van der Waals surface area contributed by atoms with Gasteiger partial charge in [-0.05, 0) is 31.4 Å². The van der Waals surface area contributed by atoms with Gasteiger partial charge in [0.1, 0.15) is 6.04 Å². The van der Waals surface area contributed by atoms with E-state index in [1.807, 2.05) is 0 Å². The van der Waals surface area contributed by atoms with E-state index in [1.54, 1.807) is 11.8 Å². The van der Waals surface area contributed by atoms with Gasteiger partial charge < -0.3 is 19.9 Å². The number of hydrogen-bond acceptors (Lipinski definition) is 5. The molecule has 0 saturated carbocycles. The fourth-order valence-corrected chi connectivity index (χ4v) is 9.57. The molecule has 0 fully saturated rings. The average molecular weight is 897 g/mol. The first-order chi connectivity index (χ1) is 30.5. The lowest BCUT2D eigenvalue weighted by atomic mass is 10.0. The normalized spacial score (nSPS) is 12.6. The summed E-state index contributed by atoms with van der Waals surface area (Å²) in [4.78, 5) is 24.7. The topological polar surface area (TPSA) is 84.9 Å². The summed E-state index contributed by atoms with van der Waals surface area (Å²) < 4.78 is 12.5. The van der Waals surface area contributed by atoms with Gasteiger partial charge in [0, 0.05) is 25.4 Å². The fourth-order valence-electron chi connectivity index (χ4n) is 8.55. The van der Waals surface area contributed by atoms with Gasteiger partial charge in [-0.25, -0.2) is 4.79 Å². The number of aliphatic carboxylic acids is 1. The summed E-state index contributed by atoms with van der Waals surface area (Å²) in [6.45, 7) is 8.99. The average Bonchev–Trinajstić information content (AvgIpc) is 3.27. The number of carboxylic acid groups (broad SMARTS) is 1. The number of thioether (sulfide) groups is 1. The molecule has 0 bridgehead atoms. The van der Waals surface area contributed by atoms with Crippen LogP contribution in [0.3, 0.4) is 0 Å². The third-order valence-electron chi connectivity index (χ3n) is 12.8. The Morgan fingerprint density at radius 1 is 0.452 bits per heavy atom. The van der Waals surface area contributed by atoms with Gasteiger partial charge in [-0.2, -0.15) is 11.8 Å². The summed E-state index contributed by atoms with van der Waals surface area (Å²) in [6.07, 6.45) is 55.2. The van der Waals surface area contributed by atoms with Gasteiger partial charge in [-0.1, -0.05) is 265 Å². The highest BCUT2D eigenvalue weighted by molar-refractivity contribution is 7.99. The molecular weight excluding hydrogens is 787 g/mol. The molecule has 0 rings (SSSR count). The molecule has 0 aliphatic heterocycles. The molecule has 2 N–H and O–H groups in total. The van der Waals surface area contributed by atoms with E-state index in [4.69, 9.17) is 9.47 Å². The van der Waals surface area contributed by atoms with E-state index in [2.05, 4.69) is 26.1 Å². The zero-order chi connectivity index (χ0) is 45.1. The molecule has 0 saturated heterocycles. The molecule has 7 heteroatoms. The van der Waals surface area contributed by atoms with Gasteiger partial charge in [-0.3, -0.25) is 4.79 Å². The zero-order valence-corrected chi connectivity index (χ0v) is 42.9. The summed E-state index contributed by atoms with van der Waals surface area (Å²) >= 11 is 1.73. The minimum absolute atomic E-state index is 0.0158. The highest BCUT2D eigenvalue weighted by atomic mass is 32.2. The second-order valence-electron chi connectivity index (χ2n) is 19.1. The molecular formula is C55H109NO5S. The molecule has 0 aliphatic carbocycles. The Morgan fingerprint density at radius 3 is 1.13 bits per heavy atom. The van der Waals surface area contributed by atoms with Crippen molar-refractivity contribution in [2.45, 2.75) is 309 Å². The summed E-state index contributed by atoms with van der Waals surface area (Å²) in [6, 6.07) is -0.830. The summed E-state index contributed by atoms with van der Waals surface area (Å²) in [5.74, 6) is 0.396. The molecule has 0 radical (unpaired) electrons. The highest BCUT2D eigenvalue weighted by Crippen LogP contribution is 2.17. The minimum atomic E-state index is -0.939. The van der Waals surface area contributed by atoms with Crippen molar-refractivity contribution >= 4 is 23.6 Å². The smallest absolute Gasteiger partial charge is 0.326 e. The standard InChI is InChI=1S/C55H109NO5S/c1-4-7-10-13-16-19-22-25-28-31-34-37-40-43-47-60-50-52(61-48-44-41-38-35-32-29-26-23-20-17-14-11-8-5-2)51-62-49-46-53(55(58)59)56-54(57)45-42-39-36-33-30-27-24-21-18-15-12-9-6-3/h52-53H,4-51H2,1-3H3,(H,56,57)(H,58,59)/t52-,53+/m1/s1. The maximum Gasteiger partial charge on any atom is 0.326 e. The first-order valence-electron chi connectivity index (χ1n) is 27.8. The molecule has 2 atom stereocenters. The molecule has 0 aromatic rings. The second kappa shape index (κ2) is 52.8. The van der Waals surface area contributed by atoms with E-state index in [0.717, 1.165) is 51.1 Å². The number of nitrogens with one attached hydrogen (secondary N) is 1. The van der Waals surface area contributed by atoms with Crippen LogP contribution in [0.5, 0.6) is 0 Å². The minimum Gasteiger partial charge on any atom is -0.480 e. The van der Waals surface area contributed by atoms with Crippen LogP contribution < -0.4 is 5.32 Å². The Bertz CT molecular complexity index is 890. The van der Waals surface area contributed by atoms with E-state index < -0.39 is 12.0 Å². The van der Waals surface area contributed by atoms with Crippen molar-refractivity contribution in [3.8, 4) is 0 Å². The van der Waals surface area contributed by atoms with Gasteiger partial charge >= 0.3 is 5.97 Å². The van der Waals surface area contributed by atoms with Gasteiger partial charge in [0.2, 0.25) is 5.91 Å². The molecule has 0 aromatic heterocycles. The monoisotopic (exact) mass is 896 g/mol. The van der Waals surface area contributed by atoms with Crippen molar-refractivity contribution in [2.75, 3.05) is 31.3 Å². The van der Waals surface area contributed by atoms with Crippen LogP contribution in [0.4, 0.5) is 0 Å². The van der Waals surface area contributed by atoms with E-state index in [9.17, 15) is 14.7 Å². The first-order valence-corrected chi connectivity index (χ1v) is 29.0. The molecule has 0 unspecified atom stereocenters. The quantitative estimate of drug-likeness (QED) is 0.0592. The van der Waals surface area contributed by atoms with Crippen molar-refractivity contribution in [2.24, 2.45) is 0 Å². The maximum atomic E-state index is 12.6. The highest BCUT2D eigenvalue weighted by Gasteiger charge is 2.20. The molecule has 1 amide bonds.